The van der Waals surface area contributed by atoms with Gasteiger partial charge in [0.15, 0.2) is 5.76 Å². The van der Waals surface area contributed by atoms with Crippen molar-refractivity contribution in [1.29, 1.82) is 0 Å². The van der Waals surface area contributed by atoms with E-state index in [4.69, 9.17) is 9.15 Å². The molecule has 0 saturated heterocycles. The Hall–Kier alpha value is -2.23. The molecular formula is C16H17NO3. The lowest BCUT2D eigenvalue weighted by Crippen LogP contribution is -2.13. The zero-order valence-electron chi connectivity index (χ0n) is 11.7. The number of ether oxygens (including phenoxy) is 1. The molecule has 0 unspecified atom stereocenters. The van der Waals surface area contributed by atoms with E-state index < -0.39 is 0 Å². The van der Waals surface area contributed by atoms with Crippen LogP contribution in [0.2, 0.25) is 0 Å². The fraction of sp³-hybridized carbons (Fsp3) is 0.312. The number of benzene rings is 1. The van der Waals surface area contributed by atoms with Crippen LogP contribution in [0.15, 0.2) is 28.9 Å². The van der Waals surface area contributed by atoms with Crippen LogP contribution in [0.4, 0.5) is 5.69 Å². The van der Waals surface area contributed by atoms with Crippen LogP contribution in [0.5, 0.6) is 5.75 Å². The fourth-order valence-electron chi connectivity index (χ4n) is 2.68. The van der Waals surface area contributed by atoms with Crippen molar-refractivity contribution in [2.45, 2.75) is 26.2 Å². The predicted molar refractivity (Wildman–Crippen MR) is 76.4 cm³/mol. The maximum Gasteiger partial charge on any atom is 0.291 e. The van der Waals surface area contributed by atoms with Crippen molar-refractivity contribution >= 4 is 11.6 Å². The number of methoxy groups -OCH3 is 1. The number of fused-ring (bicyclic) bond motifs is 1. The summed E-state index contributed by atoms with van der Waals surface area (Å²) < 4.78 is 10.6. The third kappa shape index (κ3) is 2.18. The molecular weight excluding hydrogens is 254 g/mol. The summed E-state index contributed by atoms with van der Waals surface area (Å²) in [4.78, 5) is 12.2. The number of nitrogens with one attached hydrogen (secondary N) is 1. The van der Waals surface area contributed by atoms with Crippen molar-refractivity contribution in [2.75, 3.05) is 12.4 Å². The summed E-state index contributed by atoms with van der Waals surface area (Å²) in [6.45, 7) is 1.89. The Kier molecular flexibility index (Phi) is 3.22. The summed E-state index contributed by atoms with van der Waals surface area (Å²) in [5, 5.41) is 2.93. The average Bonchev–Trinajstić information content (AvgIpc) is 3.07. The van der Waals surface area contributed by atoms with E-state index in [1.165, 1.54) is 11.1 Å². The van der Waals surface area contributed by atoms with Gasteiger partial charge in [0, 0.05) is 0 Å². The highest BCUT2D eigenvalue weighted by molar-refractivity contribution is 6.03. The number of carbonyl (C=O) groups excluding carboxylic acids is 1. The van der Waals surface area contributed by atoms with Gasteiger partial charge in [0.2, 0.25) is 0 Å². The molecule has 1 aromatic heterocycles. The molecule has 104 valence electrons. The second-order valence-electron chi connectivity index (χ2n) is 5.08. The number of rotatable bonds is 3. The summed E-state index contributed by atoms with van der Waals surface area (Å²) in [7, 11) is 1.61. The molecule has 0 spiro atoms. The Morgan fingerprint density at radius 1 is 1.35 bits per heavy atom. The van der Waals surface area contributed by atoms with Crippen LogP contribution in [0.1, 0.15) is 33.7 Å². The van der Waals surface area contributed by atoms with Crippen molar-refractivity contribution < 1.29 is 13.9 Å². The minimum atomic E-state index is -0.239. The van der Waals surface area contributed by atoms with Gasteiger partial charge in [0.05, 0.1) is 19.1 Å². The summed E-state index contributed by atoms with van der Waals surface area (Å²) in [6, 6.07) is 5.71. The highest BCUT2D eigenvalue weighted by atomic mass is 16.5. The van der Waals surface area contributed by atoms with Crippen LogP contribution in [0.25, 0.3) is 0 Å². The van der Waals surface area contributed by atoms with Crippen LogP contribution in [-0.4, -0.2) is 13.0 Å². The van der Waals surface area contributed by atoms with Crippen LogP contribution in [-0.2, 0) is 12.8 Å². The first-order valence-corrected chi connectivity index (χ1v) is 6.74. The van der Waals surface area contributed by atoms with E-state index in [-0.39, 0.29) is 5.91 Å². The summed E-state index contributed by atoms with van der Waals surface area (Å²) >= 11 is 0. The maximum absolute atomic E-state index is 12.2. The Bertz CT molecular complexity index is 658. The molecule has 1 N–H and O–H groups in total. The Morgan fingerprint density at radius 2 is 2.20 bits per heavy atom. The van der Waals surface area contributed by atoms with Gasteiger partial charge in [-0.25, -0.2) is 0 Å². The highest BCUT2D eigenvalue weighted by Gasteiger charge is 2.21. The zero-order valence-corrected chi connectivity index (χ0v) is 11.7. The van der Waals surface area contributed by atoms with Crippen LogP contribution in [0.3, 0.4) is 0 Å². The molecule has 0 atom stereocenters. The number of carbonyl (C=O) groups is 1. The normalized spacial score (nSPS) is 13.1. The topological polar surface area (TPSA) is 51.5 Å². The van der Waals surface area contributed by atoms with Crippen LogP contribution < -0.4 is 10.1 Å². The van der Waals surface area contributed by atoms with Gasteiger partial charge in [-0.2, -0.15) is 0 Å². The number of furan rings is 1. The number of hydrogen-bond acceptors (Lipinski definition) is 3. The van der Waals surface area contributed by atoms with E-state index in [9.17, 15) is 4.79 Å². The molecule has 1 aliphatic rings. The first-order valence-electron chi connectivity index (χ1n) is 6.74. The first kappa shape index (κ1) is 12.8. The molecule has 1 heterocycles. The maximum atomic E-state index is 12.2. The van der Waals surface area contributed by atoms with Crippen molar-refractivity contribution in [2.24, 2.45) is 0 Å². The largest absolute Gasteiger partial charge is 0.495 e. The molecule has 0 saturated carbocycles. The Labute approximate surface area is 117 Å². The predicted octanol–water partition coefficient (Wildman–Crippen LogP) is 3.34. The standard InChI is InChI=1S/C16H17NO3/c1-10-8-14(20-9-10)16(18)17-15-12-5-3-4-11(12)6-7-13(15)19-2/h6-9H,3-5H2,1-2H3,(H,17,18). The molecule has 1 amide bonds. The van der Waals surface area contributed by atoms with Crippen LogP contribution in [0, 0.1) is 6.92 Å². The van der Waals surface area contributed by atoms with E-state index in [0.717, 1.165) is 30.5 Å². The Balaban J connectivity index is 1.94. The van der Waals surface area contributed by atoms with Crippen LogP contribution >= 0.6 is 0 Å². The lowest BCUT2D eigenvalue weighted by molar-refractivity contribution is 0.0996. The van der Waals surface area contributed by atoms with Crippen molar-refractivity contribution in [1.82, 2.24) is 0 Å². The van der Waals surface area contributed by atoms with Gasteiger partial charge in [0.1, 0.15) is 5.75 Å². The molecule has 20 heavy (non-hydrogen) atoms. The minimum Gasteiger partial charge on any atom is -0.495 e. The molecule has 4 nitrogen and oxygen atoms in total. The van der Waals surface area contributed by atoms with E-state index in [0.29, 0.717) is 11.5 Å². The Morgan fingerprint density at radius 3 is 2.90 bits per heavy atom. The lowest BCUT2D eigenvalue weighted by atomic mass is 10.1. The quantitative estimate of drug-likeness (QED) is 0.931. The van der Waals surface area contributed by atoms with Gasteiger partial charge in [-0.1, -0.05) is 6.07 Å². The monoisotopic (exact) mass is 271 g/mol. The third-order valence-electron chi connectivity index (χ3n) is 3.66. The van der Waals surface area contributed by atoms with Gasteiger partial charge >= 0.3 is 0 Å². The van der Waals surface area contributed by atoms with E-state index in [2.05, 4.69) is 11.4 Å². The van der Waals surface area contributed by atoms with Crippen molar-refractivity contribution in [3.05, 3.63) is 46.9 Å². The molecule has 0 aliphatic heterocycles. The highest BCUT2D eigenvalue weighted by Crippen LogP contribution is 2.36. The molecule has 0 bridgehead atoms. The SMILES string of the molecule is COc1ccc2c(c1NC(=O)c1cc(C)co1)CCC2. The van der Waals surface area contributed by atoms with E-state index >= 15 is 0 Å². The second kappa shape index (κ2) is 5.04. The zero-order chi connectivity index (χ0) is 14.1. The van der Waals surface area contributed by atoms with Gasteiger partial charge in [0.25, 0.3) is 5.91 Å². The number of hydrogen-bond donors (Lipinski definition) is 1. The van der Waals surface area contributed by atoms with Crippen molar-refractivity contribution in [3.8, 4) is 5.75 Å². The molecule has 3 rings (SSSR count). The van der Waals surface area contributed by atoms with Gasteiger partial charge < -0.3 is 14.5 Å². The average molecular weight is 271 g/mol. The number of aryl methyl sites for hydroxylation is 2. The summed E-state index contributed by atoms with van der Waals surface area (Å²) in [5.74, 6) is 0.777. The van der Waals surface area contributed by atoms with E-state index in [1.807, 2.05) is 13.0 Å². The molecule has 0 radical (unpaired) electrons. The number of anilines is 1. The third-order valence-corrected chi connectivity index (χ3v) is 3.66. The molecule has 1 aromatic carbocycles. The van der Waals surface area contributed by atoms with Gasteiger partial charge in [-0.05, 0) is 55.0 Å². The van der Waals surface area contributed by atoms with E-state index in [1.54, 1.807) is 19.4 Å². The lowest BCUT2D eigenvalue weighted by Gasteiger charge is -2.14. The molecule has 0 fully saturated rings. The van der Waals surface area contributed by atoms with Crippen molar-refractivity contribution in [3.63, 3.8) is 0 Å². The van der Waals surface area contributed by atoms with Gasteiger partial charge in [-0.3, -0.25) is 4.79 Å². The summed E-state index contributed by atoms with van der Waals surface area (Å²) in [6.07, 6.45) is 4.72. The fourth-order valence-corrected chi connectivity index (χ4v) is 2.68. The molecule has 2 aromatic rings. The summed E-state index contributed by atoms with van der Waals surface area (Å²) in [5.41, 5.74) is 4.18. The van der Waals surface area contributed by atoms with Gasteiger partial charge in [-0.15, -0.1) is 0 Å². The molecule has 1 aliphatic carbocycles. The number of amides is 1. The smallest absolute Gasteiger partial charge is 0.291 e. The minimum absolute atomic E-state index is 0.239. The first-order chi connectivity index (χ1) is 9.69. The second-order valence-corrected chi connectivity index (χ2v) is 5.08. The molecule has 4 heteroatoms.